The lowest BCUT2D eigenvalue weighted by Crippen LogP contribution is -2.23. The molecule has 2 aromatic carbocycles. The van der Waals surface area contributed by atoms with Gasteiger partial charge in [0, 0.05) is 53.5 Å². The van der Waals surface area contributed by atoms with Crippen LogP contribution in [0.3, 0.4) is 0 Å². The molecule has 0 aliphatic carbocycles. The maximum Gasteiger partial charge on any atom is 0.261 e. The Balaban J connectivity index is 1.12. The van der Waals surface area contributed by atoms with Gasteiger partial charge in [-0.05, 0) is 79.8 Å². The molecule has 1 aliphatic rings. The maximum atomic E-state index is 13.2. The standard InChI is InChI=1S/C33H41N5O3S2/c1-2-3-4-5-6-9-29-23-36-33(42-29)38-20-17-26-21-30(14-15-31(26)38)43(40,41)37-28-12-10-25(11-13-28)16-19-35-24-32(39)27-8-7-18-34-22-27/h7-8,10-15,18,21-23,32,35,37,39H,2-6,9,16-17,19-20,24H2,1H3. The van der Waals surface area contributed by atoms with E-state index in [0.29, 0.717) is 18.8 Å². The van der Waals surface area contributed by atoms with Crippen LogP contribution < -0.4 is 14.9 Å². The number of nitrogens with zero attached hydrogens (tertiary/aromatic N) is 3. The first-order valence-corrected chi connectivity index (χ1v) is 17.5. The third-order valence-electron chi connectivity index (χ3n) is 7.76. The minimum absolute atomic E-state index is 0.264. The summed E-state index contributed by atoms with van der Waals surface area (Å²) in [7, 11) is -3.73. The van der Waals surface area contributed by atoms with Crippen molar-refractivity contribution in [3.63, 3.8) is 0 Å². The summed E-state index contributed by atoms with van der Waals surface area (Å²) >= 11 is 1.74. The number of aliphatic hydroxyl groups is 1. The number of hydrogen-bond acceptors (Lipinski definition) is 8. The summed E-state index contributed by atoms with van der Waals surface area (Å²) in [4.78, 5) is 12.5. The van der Waals surface area contributed by atoms with E-state index in [9.17, 15) is 13.5 Å². The van der Waals surface area contributed by atoms with Crippen LogP contribution in [0.4, 0.5) is 16.5 Å². The average molecular weight is 620 g/mol. The summed E-state index contributed by atoms with van der Waals surface area (Å²) in [6, 6.07) is 16.5. The van der Waals surface area contributed by atoms with E-state index >= 15 is 0 Å². The Morgan fingerprint density at radius 2 is 1.86 bits per heavy atom. The number of aryl methyl sites for hydroxylation is 1. The molecular formula is C33H41N5O3S2. The normalized spacial score (nSPS) is 13.7. The van der Waals surface area contributed by atoms with Gasteiger partial charge in [-0.1, -0.05) is 50.8 Å². The molecule has 3 heterocycles. The average Bonchev–Trinajstić information content (AvgIpc) is 3.67. The van der Waals surface area contributed by atoms with Crippen molar-refractivity contribution in [2.75, 3.05) is 29.3 Å². The highest BCUT2D eigenvalue weighted by atomic mass is 32.2. The van der Waals surface area contributed by atoms with E-state index < -0.39 is 16.1 Å². The number of pyridine rings is 1. The minimum Gasteiger partial charge on any atom is -0.387 e. The molecule has 2 aromatic heterocycles. The Labute approximate surface area is 259 Å². The second-order valence-electron chi connectivity index (χ2n) is 11.0. The van der Waals surface area contributed by atoms with Crippen molar-refractivity contribution < 1.29 is 13.5 Å². The fourth-order valence-electron chi connectivity index (χ4n) is 5.30. The molecule has 0 saturated carbocycles. The molecule has 0 radical (unpaired) electrons. The number of sulfonamides is 1. The number of rotatable bonds is 16. The second kappa shape index (κ2) is 14.9. The summed E-state index contributed by atoms with van der Waals surface area (Å²) in [6.07, 6.45) is 13.7. The number of nitrogens with one attached hydrogen (secondary N) is 2. The van der Waals surface area contributed by atoms with Crippen LogP contribution in [0.1, 0.15) is 66.7 Å². The molecule has 43 heavy (non-hydrogen) atoms. The summed E-state index contributed by atoms with van der Waals surface area (Å²) in [5, 5.41) is 14.5. The van der Waals surface area contributed by atoms with Crippen LogP contribution in [-0.4, -0.2) is 43.1 Å². The summed E-state index contributed by atoms with van der Waals surface area (Å²) in [6.45, 7) is 4.16. The van der Waals surface area contributed by atoms with Crippen LogP contribution in [0.2, 0.25) is 0 Å². The van der Waals surface area contributed by atoms with E-state index in [4.69, 9.17) is 0 Å². The van der Waals surface area contributed by atoms with Crippen molar-refractivity contribution in [2.45, 2.75) is 69.3 Å². The maximum absolute atomic E-state index is 13.2. The Hall–Kier alpha value is -3.31. The van der Waals surface area contributed by atoms with E-state index in [0.717, 1.165) is 53.3 Å². The zero-order valence-electron chi connectivity index (χ0n) is 24.7. The van der Waals surface area contributed by atoms with Crippen molar-refractivity contribution in [2.24, 2.45) is 0 Å². The smallest absolute Gasteiger partial charge is 0.261 e. The van der Waals surface area contributed by atoms with Gasteiger partial charge >= 0.3 is 0 Å². The highest BCUT2D eigenvalue weighted by molar-refractivity contribution is 7.92. The van der Waals surface area contributed by atoms with E-state index in [1.807, 2.05) is 36.5 Å². The van der Waals surface area contributed by atoms with Gasteiger partial charge in [0.1, 0.15) is 0 Å². The first kappa shape index (κ1) is 31.1. The molecule has 10 heteroatoms. The van der Waals surface area contributed by atoms with Crippen LogP contribution >= 0.6 is 11.3 Å². The van der Waals surface area contributed by atoms with Crippen molar-refractivity contribution in [3.05, 3.63) is 94.8 Å². The zero-order chi connectivity index (χ0) is 30.1. The Morgan fingerprint density at radius 1 is 1.02 bits per heavy atom. The van der Waals surface area contributed by atoms with E-state index in [2.05, 4.69) is 31.8 Å². The van der Waals surface area contributed by atoms with Crippen molar-refractivity contribution in [1.29, 1.82) is 0 Å². The van der Waals surface area contributed by atoms with Crippen LogP contribution in [0.15, 0.2) is 78.1 Å². The number of unbranched alkanes of at least 4 members (excludes halogenated alkanes) is 4. The molecule has 0 fully saturated rings. The first-order valence-electron chi connectivity index (χ1n) is 15.2. The van der Waals surface area contributed by atoms with E-state index in [1.54, 1.807) is 48.0 Å². The first-order chi connectivity index (χ1) is 20.9. The number of anilines is 3. The van der Waals surface area contributed by atoms with Gasteiger partial charge in [-0.25, -0.2) is 13.4 Å². The van der Waals surface area contributed by atoms with Gasteiger partial charge in [-0.2, -0.15) is 0 Å². The predicted molar refractivity (Wildman–Crippen MR) is 175 cm³/mol. The van der Waals surface area contributed by atoms with E-state index in [1.165, 1.54) is 37.0 Å². The lowest BCUT2D eigenvalue weighted by molar-refractivity contribution is 0.174. The summed E-state index contributed by atoms with van der Waals surface area (Å²) in [5.74, 6) is 0. The lowest BCUT2D eigenvalue weighted by atomic mass is 10.1. The zero-order valence-corrected chi connectivity index (χ0v) is 26.3. The Bertz CT molecular complexity index is 1560. The van der Waals surface area contributed by atoms with Crippen LogP contribution in [0, 0.1) is 0 Å². The van der Waals surface area contributed by atoms with Crippen LogP contribution in [-0.2, 0) is 29.3 Å². The summed E-state index contributed by atoms with van der Waals surface area (Å²) < 4.78 is 29.2. The Kier molecular flexibility index (Phi) is 10.8. The highest BCUT2D eigenvalue weighted by Crippen LogP contribution is 2.38. The molecule has 5 rings (SSSR count). The molecule has 8 nitrogen and oxygen atoms in total. The lowest BCUT2D eigenvalue weighted by Gasteiger charge is -2.16. The molecule has 1 aliphatic heterocycles. The molecule has 0 saturated heterocycles. The highest BCUT2D eigenvalue weighted by Gasteiger charge is 2.25. The monoisotopic (exact) mass is 619 g/mol. The van der Waals surface area contributed by atoms with Crippen molar-refractivity contribution in [1.82, 2.24) is 15.3 Å². The molecule has 3 N–H and O–H groups in total. The van der Waals surface area contributed by atoms with Gasteiger partial charge in [0.2, 0.25) is 0 Å². The van der Waals surface area contributed by atoms with Gasteiger partial charge in [-0.3, -0.25) is 9.71 Å². The fourth-order valence-corrected chi connectivity index (χ4v) is 7.40. The van der Waals surface area contributed by atoms with Crippen molar-refractivity contribution in [3.8, 4) is 0 Å². The van der Waals surface area contributed by atoms with Gasteiger partial charge in [0.05, 0.1) is 11.0 Å². The number of aromatic nitrogens is 2. The molecule has 0 bridgehead atoms. The number of hydrogen-bond donors (Lipinski definition) is 3. The molecular weight excluding hydrogens is 579 g/mol. The third-order valence-corrected chi connectivity index (χ3v) is 10.2. The van der Waals surface area contributed by atoms with Crippen LogP contribution in [0.5, 0.6) is 0 Å². The molecule has 228 valence electrons. The molecule has 1 atom stereocenters. The van der Waals surface area contributed by atoms with Gasteiger partial charge < -0.3 is 15.3 Å². The van der Waals surface area contributed by atoms with Gasteiger partial charge in [-0.15, -0.1) is 11.3 Å². The summed E-state index contributed by atoms with van der Waals surface area (Å²) in [5.41, 5.74) is 4.44. The molecule has 1 unspecified atom stereocenters. The quantitative estimate of drug-likeness (QED) is 0.124. The third kappa shape index (κ3) is 8.41. The minimum atomic E-state index is -3.73. The van der Waals surface area contributed by atoms with Crippen molar-refractivity contribution >= 4 is 37.9 Å². The topological polar surface area (TPSA) is 107 Å². The second-order valence-corrected chi connectivity index (χ2v) is 13.8. The predicted octanol–water partition coefficient (Wildman–Crippen LogP) is 6.41. The van der Waals surface area contributed by atoms with Gasteiger partial charge in [0.15, 0.2) is 5.13 Å². The number of fused-ring (bicyclic) bond motifs is 1. The number of aliphatic hydroxyl groups excluding tert-OH is 1. The van der Waals surface area contributed by atoms with E-state index in [-0.39, 0.29) is 4.90 Å². The molecule has 0 amide bonds. The largest absolute Gasteiger partial charge is 0.387 e. The fraction of sp³-hybridized carbons (Fsp3) is 0.394. The van der Waals surface area contributed by atoms with Gasteiger partial charge in [0.25, 0.3) is 10.0 Å². The number of thiazole rings is 1. The molecule has 0 spiro atoms. The van der Waals surface area contributed by atoms with Crippen LogP contribution in [0.25, 0.3) is 0 Å². The number of benzene rings is 2. The Morgan fingerprint density at radius 3 is 2.65 bits per heavy atom. The molecule has 4 aromatic rings. The SMILES string of the molecule is CCCCCCCc1cnc(N2CCc3cc(S(=O)(=O)Nc4ccc(CCNCC(O)c5cccnc5)cc4)ccc32)s1.